The van der Waals surface area contributed by atoms with Gasteiger partial charge in [-0.2, -0.15) is 0 Å². The standard InChI is InChI=1S/C23H21N3O4S/c1-30-18-10-6-14(7-11-18)19-12-21(28)26-23(25-19)31-13-20(27)15-4-8-17(9-5-15)24-22(29)16-2-3-16/h4-12,16H,2-3,13H2,1H3,(H,24,29)(H,25,26,28). The highest BCUT2D eigenvalue weighted by atomic mass is 32.2. The molecule has 1 amide bonds. The molecule has 0 spiro atoms. The predicted octanol–water partition coefficient (Wildman–Crippen LogP) is 3.77. The van der Waals surface area contributed by atoms with Crippen LogP contribution in [-0.2, 0) is 4.79 Å². The normalized spacial score (nSPS) is 12.9. The quantitative estimate of drug-likeness (QED) is 0.317. The third-order valence-corrected chi connectivity index (χ3v) is 5.74. The summed E-state index contributed by atoms with van der Waals surface area (Å²) in [7, 11) is 1.59. The Morgan fingerprint density at radius 2 is 1.84 bits per heavy atom. The number of ketones is 1. The second-order valence-corrected chi connectivity index (χ2v) is 8.18. The highest BCUT2D eigenvalue weighted by Crippen LogP contribution is 2.30. The molecule has 0 bridgehead atoms. The molecule has 3 aromatic rings. The minimum absolute atomic E-state index is 0.0291. The van der Waals surface area contributed by atoms with E-state index < -0.39 is 0 Å². The van der Waals surface area contributed by atoms with Gasteiger partial charge in [-0.25, -0.2) is 4.98 Å². The number of Topliss-reactive ketones (excluding diaryl/α,β-unsaturated/α-hetero) is 1. The van der Waals surface area contributed by atoms with Crippen LogP contribution in [0.1, 0.15) is 23.2 Å². The average molecular weight is 436 g/mol. The van der Waals surface area contributed by atoms with E-state index in [2.05, 4.69) is 15.3 Å². The fourth-order valence-corrected chi connectivity index (χ4v) is 3.73. The lowest BCUT2D eigenvalue weighted by molar-refractivity contribution is -0.117. The van der Waals surface area contributed by atoms with Crippen molar-refractivity contribution in [2.24, 2.45) is 5.92 Å². The molecule has 0 radical (unpaired) electrons. The average Bonchev–Trinajstić information content (AvgIpc) is 3.63. The van der Waals surface area contributed by atoms with Crippen molar-refractivity contribution in [3.8, 4) is 17.0 Å². The van der Waals surface area contributed by atoms with Crippen LogP contribution in [0.5, 0.6) is 5.75 Å². The van der Waals surface area contributed by atoms with Gasteiger partial charge in [-0.1, -0.05) is 11.8 Å². The predicted molar refractivity (Wildman–Crippen MR) is 120 cm³/mol. The molecule has 1 aliphatic carbocycles. The number of benzene rings is 2. The maximum absolute atomic E-state index is 12.5. The summed E-state index contributed by atoms with van der Waals surface area (Å²) in [5.41, 5.74) is 2.23. The largest absolute Gasteiger partial charge is 0.497 e. The van der Waals surface area contributed by atoms with E-state index in [4.69, 9.17) is 4.74 Å². The van der Waals surface area contributed by atoms with Gasteiger partial charge in [0.1, 0.15) is 5.75 Å². The number of amides is 1. The Balaban J connectivity index is 1.40. The lowest BCUT2D eigenvalue weighted by Crippen LogP contribution is -2.13. The third-order valence-electron chi connectivity index (χ3n) is 4.87. The molecule has 0 atom stereocenters. The van der Waals surface area contributed by atoms with E-state index in [1.165, 1.54) is 17.8 Å². The molecule has 158 valence electrons. The SMILES string of the molecule is COc1ccc(-c2cc(=O)[nH]c(SCC(=O)c3ccc(NC(=O)C4CC4)cc3)n2)cc1. The topological polar surface area (TPSA) is 101 Å². The van der Waals surface area contributed by atoms with Crippen molar-refractivity contribution in [2.45, 2.75) is 18.0 Å². The van der Waals surface area contributed by atoms with Gasteiger partial charge in [-0.3, -0.25) is 14.4 Å². The van der Waals surface area contributed by atoms with Crippen LogP contribution in [-0.4, -0.2) is 34.5 Å². The Hall–Kier alpha value is -3.39. The van der Waals surface area contributed by atoms with Gasteiger partial charge >= 0.3 is 0 Å². The van der Waals surface area contributed by atoms with E-state index in [1.54, 1.807) is 43.5 Å². The van der Waals surface area contributed by atoms with Gasteiger partial charge in [-0.05, 0) is 61.4 Å². The van der Waals surface area contributed by atoms with E-state index in [0.717, 1.165) is 18.4 Å². The Bertz CT molecular complexity index is 1150. The molecule has 31 heavy (non-hydrogen) atoms. The monoisotopic (exact) mass is 435 g/mol. The molecule has 2 N–H and O–H groups in total. The van der Waals surface area contributed by atoms with Gasteiger partial charge < -0.3 is 15.0 Å². The van der Waals surface area contributed by atoms with Gasteiger partial charge in [0, 0.05) is 28.8 Å². The third kappa shape index (κ3) is 5.40. The number of hydrogen-bond donors (Lipinski definition) is 2. The molecule has 1 heterocycles. The van der Waals surface area contributed by atoms with E-state index >= 15 is 0 Å². The number of aromatic amines is 1. The summed E-state index contributed by atoms with van der Waals surface area (Å²) >= 11 is 1.17. The van der Waals surface area contributed by atoms with Gasteiger partial charge in [-0.15, -0.1) is 0 Å². The van der Waals surface area contributed by atoms with Crippen LogP contribution in [0.15, 0.2) is 64.5 Å². The number of aromatic nitrogens is 2. The molecular weight excluding hydrogens is 414 g/mol. The van der Waals surface area contributed by atoms with Crippen molar-refractivity contribution < 1.29 is 14.3 Å². The zero-order valence-corrected chi connectivity index (χ0v) is 17.7. The van der Waals surface area contributed by atoms with Gasteiger partial charge in [0.2, 0.25) is 5.91 Å². The first-order chi connectivity index (χ1) is 15.0. The van der Waals surface area contributed by atoms with E-state index in [-0.39, 0.29) is 28.9 Å². The molecule has 8 heteroatoms. The number of hydrogen-bond acceptors (Lipinski definition) is 6. The van der Waals surface area contributed by atoms with Crippen molar-refractivity contribution in [1.29, 1.82) is 0 Å². The van der Waals surface area contributed by atoms with E-state index in [9.17, 15) is 14.4 Å². The molecule has 1 fully saturated rings. The van der Waals surface area contributed by atoms with Crippen LogP contribution in [0.3, 0.4) is 0 Å². The van der Waals surface area contributed by atoms with Crippen LogP contribution in [0, 0.1) is 5.92 Å². The summed E-state index contributed by atoms with van der Waals surface area (Å²) in [5.74, 6) is 0.903. The lowest BCUT2D eigenvalue weighted by Gasteiger charge is -2.07. The molecule has 0 aliphatic heterocycles. The number of anilines is 1. The van der Waals surface area contributed by atoms with Crippen molar-refractivity contribution in [3.63, 3.8) is 0 Å². The van der Waals surface area contributed by atoms with Gasteiger partial charge in [0.15, 0.2) is 10.9 Å². The Labute approximate surface area is 183 Å². The van der Waals surface area contributed by atoms with E-state index in [0.29, 0.717) is 27.9 Å². The highest BCUT2D eigenvalue weighted by molar-refractivity contribution is 7.99. The summed E-state index contributed by atoms with van der Waals surface area (Å²) in [6.07, 6.45) is 1.88. The summed E-state index contributed by atoms with van der Waals surface area (Å²) < 4.78 is 5.15. The van der Waals surface area contributed by atoms with Crippen LogP contribution >= 0.6 is 11.8 Å². The van der Waals surface area contributed by atoms with Crippen LogP contribution in [0.4, 0.5) is 5.69 Å². The first kappa shape index (κ1) is 20.9. The first-order valence-electron chi connectivity index (χ1n) is 9.84. The number of nitrogens with zero attached hydrogens (tertiary/aromatic N) is 1. The lowest BCUT2D eigenvalue weighted by atomic mass is 10.1. The second kappa shape index (κ2) is 9.18. The Morgan fingerprint density at radius 3 is 2.48 bits per heavy atom. The number of thioether (sulfide) groups is 1. The molecule has 0 unspecified atom stereocenters. The molecule has 0 saturated heterocycles. The molecular formula is C23H21N3O4S. The first-order valence-corrected chi connectivity index (χ1v) is 10.8. The molecule has 1 aliphatic rings. The summed E-state index contributed by atoms with van der Waals surface area (Å²) in [6.45, 7) is 0. The van der Waals surface area contributed by atoms with Crippen molar-refractivity contribution >= 4 is 29.1 Å². The van der Waals surface area contributed by atoms with E-state index in [1.807, 2.05) is 12.1 Å². The summed E-state index contributed by atoms with van der Waals surface area (Å²) in [4.78, 5) is 43.5. The van der Waals surface area contributed by atoms with Gasteiger partial charge in [0.25, 0.3) is 5.56 Å². The molecule has 7 nitrogen and oxygen atoms in total. The number of rotatable bonds is 8. The van der Waals surface area contributed by atoms with Crippen LogP contribution < -0.4 is 15.6 Å². The molecule has 1 aromatic heterocycles. The minimum Gasteiger partial charge on any atom is -0.497 e. The number of nitrogens with one attached hydrogen (secondary N) is 2. The minimum atomic E-state index is -0.286. The molecule has 2 aromatic carbocycles. The van der Waals surface area contributed by atoms with Gasteiger partial charge in [0.05, 0.1) is 18.6 Å². The fraction of sp³-hybridized carbons (Fsp3) is 0.217. The number of carbonyl (C=O) groups excluding carboxylic acids is 2. The highest BCUT2D eigenvalue weighted by Gasteiger charge is 2.29. The molecule has 4 rings (SSSR count). The zero-order valence-electron chi connectivity index (χ0n) is 16.9. The van der Waals surface area contributed by atoms with Crippen molar-refractivity contribution in [2.75, 3.05) is 18.2 Å². The number of methoxy groups -OCH3 is 1. The Kier molecular flexibility index (Phi) is 6.18. The summed E-state index contributed by atoms with van der Waals surface area (Å²) in [6, 6.07) is 15.5. The second-order valence-electron chi connectivity index (χ2n) is 7.22. The molecule has 1 saturated carbocycles. The number of H-pyrrole nitrogens is 1. The van der Waals surface area contributed by atoms with Crippen molar-refractivity contribution in [3.05, 3.63) is 70.5 Å². The van der Waals surface area contributed by atoms with Crippen molar-refractivity contribution in [1.82, 2.24) is 9.97 Å². The zero-order chi connectivity index (χ0) is 21.8. The Morgan fingerprint density at radius 1 is 1.13 bits per heavy atom. The number of ether oxygens (including phenoxy) is 1. The van der Waals surface area contributed by atoms with Crippen LogP contribution in [0.2, 0.25) is 0 Å². The number of carbonyl (C=O) groups is 2. The maximum Gasteiger partial charge on any atom is 0.252 e. The maximum atomic E-state index is 12.5. The summed E-state index contributed by atoms with van der Waals surface area (Å²) in [5, 5.41) is 3.22. The smallest absolute Gasteiger partial charge is 0.252 e. The fourth-order valence-electron chi connectivity index (χ4n) is 2.96. The van der Waals surface area contributed by atoms with Crippen LogP contribution in [0.25, 0.3) is 11.3 Å².